The van der Waals surface area contributed by atoms with Crippen LogP contribution in [0.4, 0.5) is 5.69 Å². The van der Waals surface area contributed by atoms with E-state index >= 15 is 0 Å². The van der Waals surface area contributed by atoms with E-state index in [-0.39, 0.29) is 23.8 Å². The summed E-state index contributed by atoms with van der Waals surface area (Å²) in [4.78, 5) is 23.4. The Kier molecular flexibility index (Phi) is 4.31. The lowest BCUT2D eigenvalue weighted by Crippen LogP contribution is -2.30. The highest BCUT2D eigenvalue weighted by molar-refractivity contribution is 5.90. The third kappa shape index (κ3) is 2.86. The van der Waals surface area contributed by atoms with E-state index < -0.39 is 5.97 Å². The Labute approximate surface area is 174 Å². The molecule has 1 heterocycles. The second-order valence-electron chi connectivity index (χ2n) is 7.89. The Morgan fingerprint density at radius 3 is 2.43 bits per heavy atom. The fourth-order valence-electron chi connectivity index (χ4n) is 4.97. The summed E-state index contributed by atoms with van der Waals surface area (Å²) in [6, 6.07) is 21.3. The van der Waals surface area contributed by atoms with Crippen LogP contribution in [0, 0.1) is 5.92 Å². The van der Waals surface area contributed by atoms with Gasteiger partial charge in [0, 0.05) is 11.6 Å². The summed E-state index contributed by atoms with van der Waals surface area (Å²) in [7, 11) is 1.38. The molecule has 2 aliphatic rings. The van der Waals surface area contributed by atoms with Crippen LogP contribution in [0.1, 0.15) is 54.9 Å². The molecular weight excluding hydrogens is 378 g/mol. The van der Waals surface area contributed by atoms with E-state index in [0.29, 0.717) is 11.1 Å². The number of methoxy groups -OCH3 is 1. The number of nitrogens with one attached hydrogen (secondary N) is 1. The summed E-state index contributed by atoms with van der Waals surface area (Å²) in [5, 5.41) is 13.1. The lowest BCUT2D eigenvalue weighted by Gasteiger charge is -2.38. The van der Waals surface area contributed by atoms with Crippen molar-refractivity contribution in [1.82, 2.24) is 0 Å². The van der Waals surface area contributed by atoms with Crippen LogP contribution in [-0.4, -0.2) is 24.2 Å². The molecule has 0 amide bonds. The zero-order chi connectivity index (χ0) is 20.8. The van der Waals surface area contributed by atoms with Crippen LogP contribution in [0.25, 0.3) is 0 Å². The first-order valence-corrected chi connectivity index (χ1v) is 9.96. The number of ether oxygens (including phenoxy) is 1. The molecular formula is C25H21NO4. The lowest BCUT2D eigenvalue weighted by molar-refractivity contribution is 0.0599. The van der Waals surface area contributed by atoms with Crippen LogP contribution in [0.15, 0.2) is 66.7 Å². The molecule has 3 aromatic carbocycles. The molecule has 0 saturated carbocycles. The van der Waals surface area contributed by atoms with Crippen LogP contribution < -0.4 is 5.32 Å². The number of esters is 1. The van der Waals surface area contributed by atoms with E-state index in [2.05, 4.69) is 23.5 Å². The summed E-state index contributed by atoms with van der Waals surface area (Å²) in [5.74, 6) is -0.887. The maximum Gasteiger partial charge on any atom is 0.337 e. The van der Waals surface area contributed by atoms with Gasteiger partial charge in [0.1, 0.15) is 0 Å². The molecule has 1 aliphatic heterocycles. The Balaban J connectivity index is 1.61. The SMILES string of the molecule is COC(=O)c1ccc([C@@H]2Nc3ccc(C(=O)O)cc3[C@@H]3c4ccccc4C[C@@H]32)cc1. The zero-order valence-electron chi connectivity index (χ0n) is 16.5. The molecule has 0 aromatic heterocycles. The number of hydrogen-bond acceptors (Lipinski definition) is 4. The van der Waals surface area contributed by atoms with E-state index in [0.717, 1.165) is 23.2 Å². The topological polar surface area (TPSA) is 75.6 Å². The highest BCUT2D eigenvalue weighted by Crippen LogP contribution is 2.53. The van der Waals surface area contributed by atoms with Gasteiger partial charge in [-0.25, -0.2) is 9.59 Å². The van der Waals surface area contributed by atoms with Crippen molar-refractivity contribution in [3.63, 3.8) is 0 Å². The van der Waals surface area contributed by atoms with Gasteiger partial charge in [-0.05, 0) is 64.9 Å². The van der Waals surface area contributed by atoms with Crippen LogP contribution in [0.3, 0.4) is 0 Å². The number of carboxylic acid groups (broad SMARTS) is 1. The number of carboxylic acids is 1. The lowest BCUT2D eigenvalue weighted by atomic mass is 9.75. The Morgan fingerprint density at radius 2 is 1.70 bits per heavy atom. The van der Waals surface area contributed by atoms with Gasteiger partial charge in [-0.15, -0.1) is 0 Å². The van der Waals surface area contributed by atoms with Gasteiger partial charge in [0.15, 0.2) is 0 Å². The van der Waals surface area contributed by atoms with Crippen molar-refractivity contribution < 1.29 is 19.4 Å². The van der Waals surface area contributed by atoms with E-state index in [4.69, 9.17) is 4.74 Å². The van der Waals surface area contributed by atoms with Gasteiger partial charge in [0.05, 0.1) is 24.3 Å². The summed E-state index contributed by atoms with van der Waals surface area (Å²) in [6.07, 6.45) is 0.911. The molecule has 0 spiro atoms. The molecule has 0 unspecified atom stereocenters. The first-order valence-electron chi connectivity index (χ1n) is 9.96. The predicted molar refractivity (Wildman–Crippen MR) is 113 cm³/mol. The third-order valence-electron chi connectivity index (χ3n) is 6.34. The number of fused-ring (bicyclic) bond motifs is 5. The second kappa shape index (κ2) is 7.02. The summed E-state index contributed by atoms with van der Waals surface area (Å²) in [6.45, 7) is 0. The smallest absolute Gasteiger partial charge is 0.337 e. The molecule has 5 rings (SSSR count). The van der Waals surface area contributed by atoms with Gasteiger partial charge >= 0.3 is 11.9 Å². The number of hydrogen-bond donors (Lipinski definition) is 2. The second-order valence-corrected chi connectivity index (χ2v) is 7.89. The minimum absolute atomic E-state index is 0.0530. The average Bonchev–Trinajstić information content (AvgIpc) is 3.17. The van der Waals surface area contributed by atoms with Crippen molar-refractivity contribution >= 4 is 17.6 Å². The van der Waals surface area contributed by atoms with Gasteiger partial charge in [0.25, 0.3) is 0 Å². The number of benzene rings is 3. The maximum absolute atomic E-state index is 11.8. The average molecular weight is 399 g/mol. The van der Waals surface area contributed by atoms with Crippen LogP contribution in [0.5, 0.6) is 0 Å². The van der Waals surface area contributed by atoms with Crippen LogP contribution in [-0.2, 0) is 11.2 Å². The van der Waals surface area contributed by atoms with Crippen LogP contribution >= 0.6 is 0 Å². The van der Waals surface area contributed by atoms with Crippen molar-refractivity contribution in [2.45, 2.75) is 18.4 Å². The molecule has 0 fully saturated rings. The van der Waals surface area contributed by atoms with Crippen molar-refractivity contribution in [3.8, 4) is 0 Å². The van der Waals surface area contributed by atoms with Crippen LogP contribution in [0.2, 0.25) is 0 Å². The highest BCUT2D eigenvalue weighted by atomic mass is 16.5. The highest BCUT2D eigenvalue weighted by Gasteiger charge is 2.43. The molecule has 0 radical (unpaired) electrons. The predicted octanol–water partition coefficient (Wildman–Crippen LogP) is 4.64. The minimum Gasteiger partial charge on any atom is -0.478 e. The van der Waals surface area contributed by atoms with Crippen molar-refractivity contribution in [2.75, 3.05) is 12.4 Å². The van der Waals surface area contributed by atoms with E-state index in [1.54, 1.807) is 24.3 Å². The Bertz CT molecular complexity index is 1150. The van der Waals surface area contributed by atoms with Gasteiger partial charge in [-0.1, -0.05) is 36.4 Å². The van der Waals surface area contributed by atoms with Gasteiger partial charge in [0.2, 0.25) is 0 Å². The molecule has 150 valence electrons. The number of carbonyl (C=O) groups is 2. The number of carbonyl (C=O) groups excluding carboxylic acids is 1. The van der Waals surface area contributed by atoms with Gasteiger partial charge in [-0.3, -0.25) is 0 Å². The molecule has 1 aliphatic carbocycles. The molecule has 0 saturated heterocycles. The summed E-state index contributed by atoms with van der Waals surface area (Å²) < 4.78 is 4.81. The standard InChI is InChI=1S/C25H21NO4/c1-30-25(29)15-8-6-14(7-9-15)23-20-12-16-4-2-3-5-18(16)22(20)19-13-17(24(27)28)10-11-21(19)26-23/h2-11,13,20,22-23,26H,12H2,1H3,(H,27,28)/t20-,22-,23-/m0/s1. The number of anilines is 1. The van der Waals surface area contributed by atoms with E-state index in [1.165, 1.54) is 18.2 Å². The van der Waals surface area contributed by atoms with Crippen molar-refractivity contribution in [1.29, 1.82) is 0 Å². The third-order valence-corrected chi connectivity index (χ3v) is 6.34. The first kappa shape index (κ1) is 18.4. The molecule has 3 aromatic rings. The largest absolute Gasteiger partial charge is 0.478 e. The van der Waals surface area contributed by atoms with Crippen molar-refractivity contribution in [3.05, 3.63) is 100 Å². The maximum atomic E-state index is 11.8. The molecule has 5 heteroatoms. The van der Waals surface area contributed by atoms with Gasteiger partial charge < -0.3 is 15.2 Å². The minimum atomic E-state index is -0.916. The zero-order valence-corrected chi connectivity index (χ0v) is 16.5. The van der Waals surface area contributed by atoms with Crippen molar-refractivity contribution in [2.24, 2.45) is 5.92 Å². The van der Waals surface area contributed by atoms with Gasteiger partial charge in [-0.2, -0.15) is 0 Å². The summed E-state index contributed by atoms with van der Waals surface area (Å²) >= 11 is 0. The summed E-state index contributed by atoms with van der Waals surface area (Å²) in [5.41, 5.74) is 6.49. The normalized spacial score (nSPS) is 21.0. The van der Waals surface area contributed by atoms with E-state index in [1.807, 2.05) is 24.3 Å². The molecule has 2 N–H and O–H groups in total. The molecule has 3 atom stereocenters. The van der Waals surface area contributed by atoms with E-state index in [9.17, 15) is 14.7 Å². The number of aromatic carboxylic acids is 1. The monoisotopic (exact) mass is 399 g/mol. The first-order chi connectivity index (χ1) is 14.6. The fraction of sp³-hybridized carbons (Fsp3) is 0.200. The Hall–Kier alpha value is -3.60. The molecule has 0 bridgehead atoms. The molecule has 30 heavy (non-hydrogen) atoms. The number of rotatable bonds is 3. The quantitative estimate of drug-likeness (QED) is 0.628. The fourth-order valence-corrected chi connectivity index (χ4v) is 4.97. The molecule has 5 nitrogen and oxygen atoms in total. The Morgan fingerprint density at radius 1 is 0.967 bits per heavy atom.